The van der Waals surface area contributed by atoms with Gasteiger partial charge in [0.25, 0.3) is 5.56 Å². The number of hydrogen-bond donors (Lipinski definition) is 0. The second-order valence-corrected chi connectivity index (χ2v) is 7.20. The van der Waals surface area contributed by atoms with Gasteiger partial charge in [0.15, 0.2) is 0 Å². The molecule has 0 atom stereocenters. The van der Waals surface area contributed by atoms with Crippen LogP contribution in [0.4, 0.5) is 0 Å². The lowest BCUT2D eigenvalue weighted by Gasteiger charge is -2.06. The third-order valence-electron chi connectivity index (χ3n) is 4.24. The Hall–Kier alpha value is -2.99. The Balaban J connectivity index is 1.59. The quantitative estimate of drug-likeness (QED) is 0.518. The van der Waals surface area contributed by atoms with Gasteiger partial charge in [0.05, 0.1) is 5.69 Å². The van der Waals surface area contributed by atoms with Crippen molar-refractivity contribution in [2.45, 2.75) is 20.5 Å². The van der Waals surface area contributed by atoms with E-state index in [0.29, 0.717) is 16.2 Å². The molecule has 0 spiro atoms. The second kappa shape index (κ2) is 6.38. The van der Waals surface area contributed by atoms with Gasteiger partial charge in [0.1, 0.15) is 17.1 Å². The van der Waals surface area contributed by atoms with Crippen LogP contribution in [0.5, 0.6) is 0 Å². The number of hydrogen-bond acceptors (Lipinski definition) is 5. The molecule has 0 saturated heterocycles. The van der Waals surface area contributed by atoms with E-state index in [9.17, 15) is 9.59 Å². The highest BCUT2D eigenvalue weighted by Gasteiger charge is 2.17. The summed E-state index contributed by atoms with van der Waals surface area (Å²) in [5, 5.41) is 1.06. The summed E-state index contributed by atoms with van der Waals surface area (Å²) >= 11 is 1.41. The number of aromatic nitrogens is 2. The fraction of sp³-hybridized carbons (Fsp3) is 0.150. The molecule has 0 fully saturated rings. The van der Waals surface area contributed by atoms with Crippen LogP contribution in [0.1, 0.15) is 26.5 Å². The van der Waals surface area contributed by atoms with Crippen molar-refractivity contribution in [2.75, 3.05) is 0 Å². The topological polar surface area (TPSA) is 60.7 Å². The van der Waals surface area contributed by atoms with Gasteiger partial charge in [-0.05, 0) is 42.5 Å². The Morgan fingerprint density at radius 2 is 2.00 bits per heavy atom. The third kappa shape index (κ3) is 2.88. The predicted octanol–water partition coefficient (Wildman–Crippen LogP) is 3.88. The van der Waals surface area contributed by atoms with Gasteiger partial charge in [-0.2, -0.15) is 0 Å². The molecule has 26 heavy (non-hydrogen) atoms. The smallest absolute Gasteiger partial charge is 0.349 e. The normalized spacial score (nSPS) is 11.2. The summed E-state index contributed by atoms with van der Waals surface area (Å²) in [6.07, 6.45) is 1.74. The van der Waals surface area contributed by atoms with E-state index < -0.39 is 5.97 Å². The SMILES string of the molecule is Cc1ccc2nc(COC(=O)c3sc4ccccc4c3C)cc(=O)n2c1. The summed E-state index contributed by atoms with van der Waals surface area (Å²) in [6, 6.07) is 12.9. The van der Waals surface area contributed by atoms with E-state index >= 15 is 0 Å². The van der Waals surface area contributed by atoms with Gasteiger partial charge in [-0.15, -0.1) is 11.3 Å². The van der Waals surface area contributed by atoms with E-state index in [0.717, 1.165) is 21.2 Å². The molecular formula is C20H16N2O3S. The lowest BCUT2D eigenvalue weighted by Crippen LogP contribution is -2.16. The van der Waals surface area contributed by atoms with Crippen molar-refractivity contribution < 1.29 is 9.53 Å². The molecule has 0 amide bonds. The Kier molecular flexibility index (Phi) is 4.05. The molecule has 0 aliphatic rings. The number of rotatable bonds is 3. The van der Waals surface area contributed by atoms with Crippen LogP contribution in [0.15, 0.2) is 53.5 Å². The fourth-order valence-electron chi connectivity index (χ4n) is 2.91. The average Bonchev–Trinajstić information content (AvgIpc) is 2.97. The van der Waals surface area contributed by atoms with E-state index in [1.807, 2.05) is 44.2 Å². The van der Waals surface area contributed by atoms with Gasteiger partial charge in [-0.3, -0.25) is 9.20 Å². The number of pyridine rings is 1. The average molecular weight is 364 g/mol. The van der Waals surface area contributed by atoms with Crippen molar-refractivity contribution in [3.8, 4) is 0 Å². The van der Waals surface area contributed by atoms with Gasteiger partial charge in [0, 0.05) is 17.0 Å². The zero-order valence-electron chi connectivity index (χ0n) is 14.4. The Morgan fingerprint density at radius 1 is 1.19 bits per heavy atom. The molecule has 3 aromatic heterocycles. The number of esters is 1. The summed E-state index contributed by atoms with van der Waals surface area (Å²) in [4.78, 5) is 29.7. The highest BCUT2D eigenvalue weighted by Crippen LogP contribution is 2.31. The first kappa shape index (κ1) is 16.5. The van der Waals surface area contributed by atoms with E-state index in [1.165, 1.54) is 21.8 Å². The van der Waals surface area contributed by atoms with E-state index in [2.05, 4.69) is 4.98 Å². The summed E-state index contributed by atoms with van der Waals surface area (Å²) in [6.45, 7) is 3.79. The summed E-state index contributed by atoms with van der Waals surface area (Å²) in [5.74, 6) is -0.394. The van der Waals surface area contributed by atoms with Crippen molar-refractivity contribution >= 4 is 33.0 Å². The van der Waals surface area contributed by atoms with Crippen LogP contribution < -0.4 is 5.56 Å². The number of thiophene rings is 1. The van der Waals surface area contributed by atoms with Crippen LogP contribution in [-0.4, -0.2) is 15.4 Å². The highest BCUT2D eigenvalue weighted by atomic mass is 32.1. The number of aryl methyl sites for hydroxylation is 2. The molecule has 0 aliphatic carbocycles. The number of benzene rings is 1. The number of carbonyl (C=O) groups excluding carboxylic acids is 1. The van der Waals surface area contributed by atoms with Gasteiger partial charge in [-0.25, -0.2) is 9.78 Å². The van der Waals surface area contributed by atoms with E-state index in [-0.39, 0.29) is 12.2 Å². The molecule has 0 aliphatic heterocycles. The Bertz CT molecular complexity index is 1210. The molecule has 4 aromatic rings. The zero-order chi connectivity index (χ0) is 18.3. The minimum Gasteiger partial charge on any atom is -0.455 e. The van der Waals surface area contributed by atoms with Crippen LogP contribution >= 0.6 is 11.3 Å². The first-order valence-electron chi connectivity index (χ1n) is 8.17. The second-order valence-electron chi connectivity index (χ2n) is 6.15. The molecule has 3 heterocycles. The van der Waals surface area contributed by atoms with Crippen molar-refractivity contribution in [3.63, 3.8) is 0 Å². The minimum atomic E-state index is -0.394. The summed E-state index contributed by atoms with van der Waals surface area (Å²) in [7, 11) is 0. The molecule has 130 valence electrons. The van der Waals surface area contributed by atoms with Crippen LogP contribution in [0.2, 0.25) is 0 Å². The largest absolute Gasteiger partial charge is 0.455 e. The summed E-state index contributed by atoms with van der Waals surface area (Å²) in [5.41, 5.74) is 2.67. The number of nitrogens with zero attached hydrogens (tertiary/aromatic N) is 2. The Labute approximate surface area is 153 Å². The van der Waals surface area contributed by atoms with Gasteiger partial charge in [-0.1, -0.05) is 24.3 Å². The molecule has 4 rings (SSSR count). The van der Waals surface area contributed by atoms with Crippen molar-refractivity contribution in [2.24, 2.45) is 0 Å². The maximum absolute atomic E-state index is 12.5. The van der Waals surface area contributed by atoms with Crippen molar-refractivity contribution in [3.05, 3.63) is 80.7 Å². The molecule has 0 saturated carbocycles. The molecule has 1 aromatic carbocycles. The molecule has 0 bridgehead atoms. The van der Waals surface area contributed by atoms with Crippen LogP contribution in [0.25, 0.3) is 15.7 Å². The van der Waals surface area contributed by atoms with Crippen LogP contribution in [0.3, 0.4) is 0 Å². The zero-order valence-corrected chi connectivity index (χ0v) is 15.2. The van der Waals surface area contributed by atoms with Crippen LogP contribution in [0, 0.1) is 13.8 Å². The third-order valence-corrected chi connectivity index (χ3v) is 5.49. The first-order chi connectivity index (χ1) is 12.5. The van der Waals surface area contributed by atoms with Crippen LogP contribution in [-0.2, 0) is 11.3 Å². The van der Waals surface area contributed by atoms with Gasteiger partial charge in [0.2, 0.25) is 0 Å². The molecule has 0 unspecified atom stereocenters. The fourth-order valence-corrected chi connectivity index (χ4v) is 4.01. The van der Waals surface area contributed by atoms with Crippen molar-refractivity contribution in [1.29, 1.82) is 0 Å². The standard InChI is InChI=1S/C20H16N2O3S/c1-12-7-8-17-21-14(9-18(23)22(17)10-12)11-25-20(24)19-13(2)15-5-3-4-6-16(15)26-19/h3-10H,11H2,1-2H3. The van der Waals surface area contributed by atoms with Crippen molar-refractivity contribution in [1.82, 2.24) is 9.38 Å². The number of fused-ring (bicyclic) bond motifs is 2. The first-order valence-corrected chi connectivity index (χ1v) is 8.99. The Morgan fingerprint density at radius 3 is 2.81 bits per heavy atom. The van der Waals surface area contributed by atoms with E-state index in [1.54, 1.807) is 12.3 Å². The molecular weight excluding hydrogens is 348 g/mol. The monoisotopic (exact) mass is 364 g/mol. The minimum absolute atomic E-state index is 0.0356. The number of ether oxygens (including phenoxy) is 1. The predicted molar refractivity (Wildman–Crippen MR) is 102 cm³/mol. The molecule has 0 radical (unpaired) electrons. The van der Waals surface area contributed by atoms with E-state index in [4.69, 9.17) is 4.74 Å². The highest BCUT2D eigenvalue weighted by molar-refractivity contribution is 7.21. The molecule has 6 heteroatoms. The lowest BCUT2D eigenvalue weighted by atomic mass is 10.1. The molecule has 0 N–H and O–H groups in total. The number of carbonyl (C=O) groups is 1. The maximum Gasteiger partial charge on any atom is 0.349 e. The maximum atomic E-state index is 12.5. The molecule has 5 nitrogen and oxygen atoms in total. The summed E-state index contributed by atoms with van der Waals surface area (Å²) < 4.78 is 7.95. The van der Waals surface area contributed by atoms with Gasteiger partial charge >= 0.3 is 5.97 Å². The lowest BCUT2D eigenvalue weighted by molar-refractivity contribution is 0.0473. The van der Waals surface area contributed by atoms with Gasteiger partial charge < -0.3 is 4.74 Å².